The highest BCUT2D eigenvalue weighted by Gasteiger charge is 2.04. The molecule has 24 heavy (non-hydrogen) atoms. The average Bonchev–Trinajstić information content (AvgIpc) is 2.63. The molecule has 2 aromatic carbocycles. The van der Waals surface area contributed by atoms with Crippen LogP contribution in [0.1, 0.15) is 5.56 Å². The maximum atomic E-state index is 10.7. The zero-order chi connectivity index (χ0) is 16.8. The summed E-state index contributed by atoms with van der Waals surface area (Å²) in [5, 5.41) is 14.7. The molecular formula is C17H13N5O2. The van der Waals surface area contributed by atoms with Crippen molar-refractivity contribution < 1.29 is 4.92 Å². The van der Waals surface area contributed by atoms with Crippen LogP contribution in [0.4, 0.5) is 11.6 Å². The Kier molecular flexibility index (Phi) is 4.52. The third-order valence-corrected chi connectivity index (χ3v) is 3.22. The van der Waals surface area contributed by atoms with Crippen LogP contribution in [0.15, 0.2) is 72.1 Å². The Morgan fingerprint density at radius 3 is 2.46 bits per heavy atom. The van der Waals surface area contributed by atoms with Crippen molar-refractivity contribution in [3.8, 4) is 11.1 Å². The molecule has 0 saturated heterocycles. The number of nitrogens with zero attached hydrogens (tertiary/aromatic N) is 4. The maximum absolute atomic E-state index is 10.7. The minimum atomic E-state index is -0.448. The fraction of sp³-hybridized carbons (Fsp3) is 0. The van der Waals surface area contributed by atoms with Gasteiger partial charge >= 0.3 is 0 Å². The SMILES string of the molecule is O=[N+]([O-])c1cccc(/C=N/Nc2ncc(-c3ccccc3)cn2)c1. The molecule has 0 atom stereocenters. The Balaban J connectivity index is 1.66. The lowest BCUT2D eigenvalue weighted by molar-refractivity contribution is -0.384. The molecule has 0 aliphatic heterocycles. The second-order valence-corrected chi connectivity index (χ2v) is 4.88. The molecule has 1 aromatic heterocycles. The van der Waals surface area contributed by atoms with Crippen LogP contribution in [-0.4, -0.2) is 21.1 Å². The van der Waals surface area contributed by atoms with Gasteiger partial charge in [0.2, 0.25) is 5.95 Å². The van der Waals surface area contributed by atoms with Crippen LogP contribution in [0.25, 0.3) is 11.1 Å². The second-order valence-electron chi connectivity index (χ2n) is 4.88. The number of anilines is 1. The molecule has 0 aliphatic rings. The number of aromatic nitrogens is 2. The van der Waals surface area contributed by atoms with Crippen molar-refractivity contribution in [2.75, 3.05) is 5.43 Å². The lowest BCUT2D eigenvalue weighted by Crippen LogP contribution is -1.97. The Hall–Kier alpha value is -3.61. The molecule has 118 valence electrons. The Morgan fingerprint density at radius 1 is 1.00 bits per heavy atom. The summed E-state index contributed by atoms with van der Waals surface area (Å²) in [6.07, 6.45) is 4.88. The summed E-state index contributed by atoms with van der Waals surface area (Å²) >= 11 is 0. The first-order valence-electron chi connectivity index (χ1n) is 7.13. The topological polar surface area (TPSA) is 93.3 Å². The molecule has 3 rings (SSSR count). The number of benzene rings is 2. The fourth-order valence-electron chi connectivity index (χ4n) is 2.05. The summed E-state index contributed by atoms with van der Waals surface area (Å²) < 4.78 is 0. The van der Waals surface area contributed by atoms with Crippen LogP contribution in [-0.2, 0) is 0 Å². The van der Waals surface area contributed by atoms with Crippen LogP contribution in [0, 0.1) is 10.1 Å². The van der Waals surface area contributed by atoms with Gasteiger partial charge in [-0.1, -0.05) is 42.5 Å². The normalized spacial score (nSPS) is 10.7. The first-order chi connectivity index (χ1) is 11.7. The molecule has 0 amide bonds. The van der Waals surface area contributed by atoms with Crippen LogP contribution in [0.3, 0.4) is 0 Å². The van der Waals surface area contributed by atoms with Crippen LogP contribution >= 0.6 is 0 Å². The summed E-state index contributed by atoms with van der Waals surface area (Å²) in [5.74, 6) is 0.344. The van der Waals surface area contributed by atoms with E-state index in [0.29, 0.717) is 11.5 Å². The molecule has 0 bridgehead atoms. The van der Waals surface area contributed by atoms with Gasteiger partial charge in [0.05, 0.1) is 11.1 Å². The first-order valence-corrected chi connectivity index (χ1v) is 7.13. The van der Waals surface area contributed by atoms with Gasteiger partial charge in [0.25, 0.3) is 5.69 Å². The lowest BCUT2D eigenvalue weighted by Gasteiger charge is -2.02. The zero-order valence-electron chi connectivity index (χ0n) is 12.5. The molecule has 7 heteroatoms. The van der Waals surface area contributed by atoms with Crippen LogP contribution < -0.4 is 5.43 Å². The molecule has 1 N–H and O–H groups in total. The highest BCUT2D eigenvalue weighted by Crippen LogP contribution is 2.17. The molecule has 0 radical (unpaired) electrons. The minimum Gasteiger partial charge on any atom is -0.258 e. The van der Waals surface area contributed by atoms with Gasteiger partial charge in [-0.25, -0.2) is 15.4 Å². The Bertz CT molecular complexity index is 864. The van der Waals surface area contributed by atoms with E-state index in [0.717, 1.165) is 11.1 Å². The zero-order valence-corrected chi connectivity index (χ0v) is 12.5. The summed E-state index contributed by atoms with van der Waals surface area (Å²) in [7, 11) is 0. The van der Waals surface area contributed by atoms with Gasteiger partial charge in [-0.2, -0.15) is 5.10 Å². The van der Waals surface area contributed by atoms with E-state index in [1.807, 2.05) is 30.3 Å². The van der Waals surface area contributed by atoms with Crippen molar-refractivity contribution in [3.05, 3.63) is 82.7 Å². The monoisotopic (exact) mass is 319 g/mol. The summed E-state index contributed by atoms with van der Waals surface area (Å²) in [6.45, 7) is 0. The van der Waals surface area contributed by atoms with E-state index in [9.17, 15) is 10.1 Å². The number of nitrogens with one attached hydrogen (secondary N) is 1. The predicted molar refractivity (Wildman–Crippen MR) is 91.8 cm³/mol. The molecule has 0 spiro atoms. The molecule has 0 saturated carbocycles. The largest absolute Gasteiger partial charge is 0.270 e. The van der Waals surface area contributed by atoms with Gasteiger partial charge in [-0.15, -0.1) is 0 Å². The molecule has 3 aromatic rings. The summed E-state index contributed by atoms with van der Waals surface area (Å²) in [6, 6.07) is 16.0. The van der Waals surface area contributed by atoms with E-state index in [4.69, 9.17) is 0 Å². The average molecular weight is 319 g/mol. The van der Waals surface area contributed by atoms with Crippen molar-refractivity contribution in [1.82, 2.24) is 9.97 Å². The summed E-state index contributed by atoms with van der Waals surface area (Å²) in [4.78, 5) is 18.7. The van der Waals surface area contributed by atoms with E-state index in [1.165, 1.54) is 18.3 Å². The molecular weight excluding hydrogens is 306 g/mol. The molecule has 0 fully saturated rings. The third kappa shape index (κ3) is 3.77. The minimum absolute atomic E-state index is 0.0161. The van der Waals surface area contributed by atoms with Gasteiger partial charge in [-0.05, 0) is 5.56 Å². The first kappa shape index (κ1) is 15.3. The summed E-state index contributed by atoms with van der Waals surface area (Å²) in [5.41, 5.74) is 5.26. The fourth-order valence-corrected chi connectivity index (χ4v) is 2.05. The number of nitro groups is 1. The maximum Gasteiger partial charge on any atom is 0.270 e. The number of hydrogen-bond donors (Lipinski definition) is 1. The molecule has 1 heterocycles. The van der Waals surface area contributed by atoms with E-state index >= 15 is 0 Å². The predicted octanol–water partition coefficient (Wildman–Crippen LogP) is 3.50. The van der Waals surface area contributed by atoms with Gasteiger partial charge in [0.1, 0.15) is 0 Å². The van der Waals surface area contributed by atoms with E-state index < -0.39 is 4.92 Å². The lowest BCUT2D eigenvalue weighted by atomic mass is 10.1. The highest BCUT2D eigenvalue weighted by atomic mass is 16.6. The number of non-ortho nitro benzene ring substituents is 1. The second kappa shape index (κ2) is 7.10. The van der Waals surface area contributed by atoms with Crippen molar-refractivity contribution in [2.45, 2.75) is 0 Å². The Morgan fingerprint density at radius 2 is 1.75 bits per heavy atom. The van der Waals surface area contributed by atoms with Gasteiger partial charge in [-0.3, -0.25) is 10.1 Å². The number of hydrazone groups is 1. The van der Waals surface area contributed by atoms with E-state index in [2.05, 4.69) is 20.5 Å². The van der Waals surface area contributed by atoms with Crippen LogP contribution in [0.2, 0.25) is 0 Å². The van der Waals surface area contributed by atoms with Crippen molar-refractivity contribution in [1.29, 1.82) is 0 Å². The molecule has 0 aliphatic carbocycles. The number of hydrogen-bond acceptors (Lipinski definition) is 6. The number of rotatable bonds is 5. The van der Waals surface area contributed by atoms with Crippen LogP contribution in [0.5, 0.6) is 0 Å². The van der Waals surface area contributed by atoms with Crippen molar-refractivity contribution in [2.24, 2.45) is 5.10 Å². The third-order valence-electron chi connectivity index (χ3n) is 3.22. The van der Waals surface area contributed by atoms with E-state index in [-0.39, 0.29) is 5.69 Å². The van der Waals surface area contributed by atoms with Gasteiger partial charge in [0, 0.05) is 35.7 Å². The van der Waals surface area contributed by atoms with Crippen molar-refractivity contribution in [3.63, 3.8) is 0 Å². The molecule has 0 unspecified atom stereocenters. The number of nitro benzene ring substituents is 1. The van der Waals surface area contributed by atoms with Crippen molar-refractivity contribution >= 4 is 17.9 Å². The smallest absolute Gasteiger partial charge is 0.258 e. The standard InChI is InChI=1S/C17H13N5O2/c23-22(24)16-8-4-5-13(9-16)10-20-21-17-18-11-15(12-19-17)14-6-2-1-3-7-14/h1-12H,(H,18,19,21)/b20-10+. The van der Waals surface area contributed by atoms with Gasteiger partial charge in [0.15, 0.2) is 0 Å². The van der Waals surface area contributed by atoms with E-state index in [1.54, 1.807) is 24.5 Å². The highest BCUT2D eigenvalue weighted by molar-refractivity contribution is 5.81. The Labute approximate surface area is 137 Å². The molecule has 7 nitrogen and oxygen atoms in total. The van der Waals surface area contributed by atoms with Gasteiger partial charge < -0.3 is 0 Å². The quantitative estimate of drug-likeness (QED) is 0.441.